The van der Waals surface area contributed by atoms with E-state index in [-0.39, 0.29) is 12.0 Å². The zero-order valence-electron chi connectivity index (χ0n) is 12.5. The van der Waals surface area contributed by atoms with Crippen molar-refractivity contribution in [2.75, 3.05) is 24.8 Å². The van der Waals surface area contributed by atoms with Crippen LogP contribution < -0.4 is 4.90 Å². The third-order valence-corrected chi connectivity index (χ3v) is 3.66. The highest BCUT2D eigenvalue weighted by Gasteiger charge is 2.26. The minimum absolute atomic E-state index is 0.0975. The Bertz CT molecular complexity index is 455. The Morgan fingerprint density at radius 1 is 1.43 bits per heavy atom. The summed E-state index contributed by atoms with van der Waals surface area (Å²) >= 11 is 5.98. The molecular weight excluding hydrogens is 290 g/mol. The maximum atomic E-state index is 12.3. The number of carbonyl (C=O) groups excluding carboxylic acids is 1. The van der Waals surface area contributed by atoms with Crippen molar-refractivity contribution in [3.8, 4) is 0 Å². The molecule has 1 aromatic rings. The van der Waals surface area contributed by atoms with E-state index in [0.29, 0.717) is 19.9 Å². The van der Waals surface area contributed by atoms with Crippen LogP contribution in [0.25, 0.3) is 0 Å². The fraction of sp³-hybridized carbons (Fsp3) is 0.562. The summed E-state index contributed by atoms with van der Waals surface area (Å²) < 4.78 is 10.6. The van der Waals surface area contributed by atoms with Crippen molar-refractivity contribution in [3.63, 3.8) is 0 Å². The smallest absolute Gasteiger partial charge is 0.244 e. The van der Waals surface area contributed by atoms with Gasteiger partial charge in [-0.15, -0.1) is 11.6 Å². The third-order valence-electron chi connectivity index (χ3n) is 3.47. The van der Waals surface area contributed by atoms with Gasteiger partial charge in [-0.05, 0) is 31.0 Å². The molecule has 1 aliphatic heterocycles. The molecule has 1 saturated heterocycles. The molecule has 0 aromatic heterocycles. The van der Waals surface area contributed by atoms with Gasteiger partial charge in [-0.2, -0.15) is 0 Å². The number of hydrogen-bond donors (Lipinski definition) is 0. The average Bonchev–Trinajstić information content (AvgIpc) is 2.98. The number of amides is 1. The Hall–Kier alpha value is -1.10. The molecule has 1 fully saturated rings. The Morgan fingerprint density at radius 2 is 2.14 bits per heavy atom. The normalized spacial score (nSPS) is 19.5. The number of halogens is 1. The lowest BCUT2D eigenvalue weighted by Crippen LogP contribution is -2.41. The van der Waals surface area contributed by atoms with Crippen LogP contribution in [0.3, 0.4) is 0 Å². The molecule has 2 unspecified atom stereocenters. The van der Waals surface area contributed by atoms with Gasteiger partial charge >= 0.3 is 0 Å². The molecule has 1 heterocycles. The second-order valence-corrected chi connectivity index (χ2v) is 5.91. The van der Waals surface area contributed by atoms with E-state index in [4.69, 9.17) is 21.1 Å². The lowest BCUT2D eigenvalue weighted by molar-refractivity contribution is -0.118. The Labute approximate surface area is 131 Å². The minimum Gasteiger partial charge on any atom is -0.353 e. The van der Waals surface area contributed by atoms with Gasteiger partial charge in [-0.25, -0.2) is 0 Å². The lowest BCUT2D eigenvalue weighted by atomic mass is 10.1. The highest BCUT2D eigenvalue weighted by atomic mass is 35.5. The van der Waals surface area contributed by atoms with Gasteiger partial charge in [0.15, 0.2) is 0 Å². The molecule has 21 heavy (non-hydrogen) atoms. The highest BCUT2D eigenvalue weighted by Crippen LogP contribution is 2.20. The molecule has 0 radical (unpaired) electrons. The van der Waals surface area contributed by atoms with Gasteiger partial charge in [0.05, 0.1) is 13.2 Å². The topological polar surface area (TPSA) is 38.8 Å². The monoisotopic (exact) mass is 311 g/mol. The molecule has 2 rings (SSSR count). The largest absolute Gasteiger partial charge is 0.353 e. The van der Waals surface area contributed by atoms with E-state index in [1.807, 2.05) is 12.1 Å². The molecule has 1 aliphatic rings. The lowest BCUT2D eigenvalue weighted by Gasteiger charge is -2.26. The molecule has 4 nitrogen and oxygen atoms in total. The minimum atomic E-state index is -0.567. The summed E-state index contributed by atoms with van der Waals surface area (Å²) in [6.07, 6.45) is 2.05. The van der Waals surface area contributed by atoms with Crippen molar-refractivity contribution in [1.82, 2.24) is 0 Å². The van der Waals surface area contributed by atoms with Gasteiger partial charge in [-0.3, -0.25) is 4.79 Å². The fourth-order valence-corrected chi connectivity index (χ4v) is 2.47. The van der Waals surface area contributed by atoms with Crippen molar-refractivity contribution in [2.45, 2.75) is 38.2 Å². The van der Waals surface area contributed by atoms with Gasteiger partial charge < -0.3 is 14.4 Å². The van der Waals surface area contributed by atoms with E-state index in [1.54, 1.807) is 11.8 Å². The first-order valence-electron chi connectivity index (χ1n) is 7.35. The van der Waals surface area contributed by atoms with Crippen LogP contribution in [0.5, 0.6) is 0 Å². The number of nitrogens with zero attached hydrogens (tertiary/aromatic N) is 1. The predicted molar refractivity (Wildman–Crippen MR) is 83.8 cm³/mol. The summed E-state index contributed by atoms with van der Waals surface area (Å²) in [6.45, 7) is 5.10. The molecule has 0 aliphatic carbocycles. The van der Waals surface area contributed by atoms with Gasteiger partial charge in [0.25, 0.3) is 0 Å². The number of hydrogen-bond acceptors (Lipinski definition) is 3. The van der Waals surface area contributed by atoms with Crippen molar-refractivity contribution >= 4 is 23.2 Å². The van der Waals surface area contributed by atoms with Gasteiger partial charge in [-0.1, -0.05) is 25.5 Å². The zero-order valence-corrected chi connectivity index (χ0v) is 13.3. The molecule has 0 bridgehead atoms. The van der Waals surface area contributed by atoms with E-state index < -0.39 is 5.38 Å². The molecule has 2 atom stereocenters. The van der Waals surface area contributed by atoms with Gasteiger partial charge in [0.2, 0.25) is 5.91 Å². The summed E-state index contributed by atoms with van der Waals surface area (Å²) in [5.41, 5.74) is 2.12. The van der Waals surface area contributed by atoms with Crippen LogP contribution in [0.4, 0.5) is 5.69 Å². The first kappa shape index (κ1) is 16.3. The Balaban J connectivity index is 2.14. The van der Waals surface area contributed by atoms with Crippen molar-refractivity contribution in [2.24, 2.45) is 0 Å². The summed E-state index contributed by atoms with van der Waals surface area (Å²) in [4.78, 5) is 14.0. The number of alkyl halides is 1. The fourth-order valence-electron chi connectivity index (χ4n) is 2.35. The molecule has 1 aromatic carbocycles. The Kier molecular flexibility index (Phi) is 6.03. The van der Waals surface area contributed by atoms with Crippen LogP contribution in [0.15, 0.2) is 24.3 Å². The van der Waals surface area contributed by atoms with E-state index in [2.05, 4.69) is 19.1 Å². The Morgan fingerprint density at radius 3 is 2.67 bits per heavy atom. The van der Waals surface area contributed by atoms with Crippen LogP contribution in [-0.2, 0) is 20.7 Å². The first-order valence-corrected chi connectivity index (χ1v) is 7.79. The quantitative estimate of drug-likeness (QED) is 0.758. The predicted octanol–water partition coefficient (Wildman–Crippen LogP) is 2.97. The molecule has 1 amide bonds. The van der Waals surface area contributed by atoms with E-state index in [0.717, 1.165) is 18.5 Å². The molecule has 116 valence electrons. The van der Waals surface area contributed by atoms with Crippen LogP contribution in [0, 0.1) is 0 Å². The standard InChI is InChI=1S/C16H22ClNO3/c1-3-4-13-5-7-14(8-6-13)18(16(19)12(2)17)9-15-10-20-11-21-15/h5-8,12,15H,3-4,9-11H2,1-2H3. The first-order chi connectivity index (χ1) is 10.1. The number of carbonyl (C=O) groups is 1. The number of rotatable bonds is 6. The second-order valence-electron chi connectivity index (χ2n) is 5.26. The zero-order chi connectivity index (χ0) is 15.2. The number of benzene rings is 1. The van der Waals surface area contributed by atoms with E-state index in [1.165, 1.54) is 5.56 Å². The summed E-state index contributed by atoms with van der Waals surface area (Å²) in [5.74, 6) is -0.115. The molecule has 0 saturated carbocycles. The molecule has 0 spiro atoms. The second kappa shape index (κ2) is 7.78. The highest BCUT2D eigenvalue weighted by molar-refractivity contribution is 6.32. The maximum absolute atomic E-state index is 12.3. The van der Waals surface area contributed by atoms with Crippen molar-refractivity contribution < 1.29 is 14.3 Å². The van der Waals surface area contributed by atoms with Crippen LogP contribution in [0.2, 0.25) is 0 Å². The number of anilines is 1. The summed E-state index contributed by atoms with van der Waals surface area (Å²) in [7, 11) is 0. The van der Waals surface area contributed by atoms with Crippen molar-refractivity contribution in [3.05, 3.63) is 29.8 Å². The number of ether oxygens (including phenoxy) is 2. The molecule has 0 N–H and O–H groups in total. The van der Waals surface area contributed by atoms with Gasteiger partial charge in [0.1, 0.15) is 18.3 Å². The average molecular weight is 312 g/mol. The summed E-state index contributed by atoms with van der Waals surface area (Å²) in [6, 6.07) is 8.06. The maximum Gasteiger partial charge on any atom is 0.244 e. The third kappa shape index (κ3) is 4.43. The number of aryl methyl sites for hydroxylation is 1. The van der Waals surface area contributed by atoms with E-state index in [9.17, 15) is 4.79 Å². The SMILES string of the molecule is CCCc1ccc(N(CC2COCO2)C(=O)C(C)Cl)cc1. The van der Waals surface area contributed by atoms with E-state index >= 15 is 0 Å². The molecule has 5 heteroatoms. The van der Waals surface area contributed by atoms with Gasteiger partial charge in [0, 0.05) is 5.69 Å². The van der Waals surface area contributed by atoms with Crippen LogP contribution in [0.1, 0.15) is 25.8 Å². The van der Waals surface area contributed by atoms with Crippen LogP contribution >= 0.6 is 11.6 Å². The molecular formula is C16H22ClNO3. The summed E-state index contributed by atoms with van der Waals surface area (Å²) in [5, 5.41) is -0.567. The van der Waals surface area contributed by atoms with Crippen LogP contribution in [-0.4, -0.2) is 37.3 Å². The van der Waals surface area contributed by atoms with Crippen molar-refractivity contribution in [1.29, 1.82) is 0 Å².